The van der Waals surface area contributed by atoms with Gasteiger partial charge in [-0.05, 0) is 29.2 Å². The Morgan fingerprint density at radius 3 is 2.45 bits per heavy atom. The van der Waals surface area contributed by atoms with Gasteiger partial charge in [0.25, 0.3) is 5.91 Å². The van der Waals surface area contributed by atoms with Crippen LogP contribution >= 0.6 is 0 Å². The van der Waals surface area contributed by atoms with Crippen LogP contribution in [0, 0.1) is 0 Å². The van der Waals surface area contributed by atoms with E-state index in [1.807, 2.05) is 12.1 Å². The number of aromatic nitrogens is 1. The molecule has 2 rings (SSSR count). The van der Waals surface area contributed by atoms with Gasteiger partial charge in [-0.15, -0.1) is 0 Å². The monoisotopic (exact) mass is 269 g/mol. The standard InChI is InChI=1S/C16H19N3O/c1-11(2)13-5-3-12(4-6-13)9-19-16(20)14-7-8-15(17)18-10-14/h3-8,10-11H,9H2,1-2H3,(H2,17,18)(H,19,20). The van der Waals surface area contributed by atoms with E-state index in [1.54, 1.807) is 12.1 Å². The molecule has 4 nitrogen and oxygen atoms in total. The lowest BCUT2D eigenvalue weighted by Crippen LogP contribution is -2.22. The first-order valence-electron chi connectivity index (χ1n) is 6.65. The molecular formula is C16H19N3O. The zero-order valence-electron chi connectivity index (χ0n) is 11.8. The second kappa shape index (κ2) is 6.19. The van der Waals surface area contributed by atoms with Gasteiger partial charge in [0.15, 0.2) is 0 Å². The summed E-state index contributed by atoms with van der Waals surface area (Å²) in [7, 11) is 0. The van der Waals surface area contributed by atoms with Crippen molar-refractivity contribution >= 4 is 11.7 Å². The molecule has 1 amide bonds. The summed E-state index contributed by atoms with van der Waals surface area (Å²) in [5.74, 6) is 0.774. The summed E-state index contributed by atoms with van der Waals surface area (Å²) in [4.78, 5) is 15.8. The van der Waals surface area contributed by atoms with Crippen LogP contribution in [0.4, 0.5) is 5.82 Å². The Morgan fingerprint density at radius 1 is 1.20 bits per heavy atom. The van der Waals surface area contributed by atoms with Crippen molar-refractivity contribution in [1.82, 2.24) is 10.3 Å². The van der Waals surface area contributed by atoms with E-state index in [4.69, 9.17) is 5.73 Å². The first-order chi connectivity index (χ1) is 9.56. The average Bonchev–Trinajstić information content (AvgIpc) is 2.46. The molecular weight excluding hydrogens is 250 g/mol. The number of benzene rings is 1. The number of amides is 1. The normalized spacial score (nSPS) is 10.6. The van der Waals surface area contributed by atoms with Gasteiger partial charge >= 0.3 is 0 Å². The molecule has 0 aliphatic carbocycles. The fraction of sp³-hybridized carbons (Fsp3) is 0.250. The number of nitrogen functional groups attached to an aromatic ring is 1. The molecule has 1 heterocycles. The molecule has 0 fully saturated rings. The van der Waals surface area contributed by atoms with Crippen LogP contribution in [0.25, 0.3) is 0 Å². The van der Waals surface area contributed by atoms with E-state index in [1.165, 1.54) is 11.8 Å². The van der Waals surface area contributed by atoms with E-state index in [2.05, 4.69) is 36.3 Å². The fourth-order valence-corrected chi connectivity index (χ4v) is 1.84. The quantitative estimate of drug-likeness (QED) is 0.896. The molecule has 2 aromatic rings. The summed E-state index contributed by atoms with van der Waals surface area (Å²) in [6.45, 7) is 4.82. The molecule has 104 valence electrons. The molecule has 0 radical (unpaired) electrons. The van der Waals surface area contributed by atoms with E-state index in [9.17, 15) is 4.79 Å². The molecule has 4 heteroatoms. The van der Waals surface area contributed by atoms with Crippen LogP contribution in [-0.2, 0) is 6.54 Å². The van der Waals surface area contributed by atoms with Gasteiger partial charge < -0.3 is 11.1 Å². The molecule has 0 bridgehead atoms. The third-order valence-electron chi connectivity index (χ3n) is 3.15. The molecule has 0 atom stereocenters. The third kappa shape index (κ3) is 3.57. The van der Waals surface area contributed by atoms with Crippen molar-refractivity contribution in [2.45, 2.75) is 26.3 Å². The average molecular weight is 269 g/mol. The summed E-state index contributed by atoms with van der Waals surface area (Å²) in [6.07, 6.45) is 1.48. The number of hydrogen-bond acceptors (Lipinski definition) is 3. The molecule has 3 N–H and O–H groups in total. The fourth-order valence-electron chi connectivity index (χ4n) is 1.84. The van der Waals surface area contributed by atoms with Gasteiger partial charge in [-0.25, -0.2) is 4.98 Å². The third-order valence-corrected chi connectivity index (χ3v) is 3.15. The van der Waals surface area contributed by atoms with Crippen LogP contribution in [0.3, 0.4) is 0 Å². The van der Waals surface area contributed by atoms with Crippen molar-refractivity contribution < 1.29 is 4.79 Å². The Morgan fingerprint density at radius 2 is 1.90 bits per heavy atom. The number of hydrogen-bond donors (Lipinski definition) is 2. The molecule has 0 saturated heterocycles. The zero-order chi connectivity index (χ0) is 14.5. The van der Waals surface area contributed by atoms with Crippen molar-refractivity contribution in [3.8, 4) is 0 Å². The SMILES string of the molecule is CC(C)c1ccc(CNC(=O)c2ccc(N)nc2)cc1. The predicted molar refractivity (Wildman–Crippen MR) is 80.4 cm³/mol. The Bertz CT molecular complexity index is 574. The van der Waals surface area contributed by atoms with Gasteiger partial charge in [0.05, 0.1) is 5.56 Å². The number of pyridine rings is 1. The topological polar surface area (TPSA) is 68.0 Å². The van der Waals surface area contributed by atoms with Crippen molar-refractivity contribution in [2.75, 3.05) is 5.73 Å². The number of nitrogens with one attached hydrogen (secondary N) is 1. The predicted octanol–water partition coefficient (Wildman–Crippen LogP) is 2.72. The van der Waals surface area contributed by atoms with Crippen LogP contribution in [0.5, 0.6) is 0 Å². The van der Waals surface area contributed by atoms with Gasteiger partial charge in [0, 0.05) is 12.7 Å². The van der Waals surface area contributed by atoms with Crippen molar-refractivity contribution in [1.29, 1.82) is 0 Å². The number of carbonyl (C=O) groups is 1. The highest BCUT2D eigenvalue weighted by molar-refractivity contribution is 5.93. The number of carbonyl (C=O) groups excluding carboxylic acids is 1. The lowest BCUT2D eigenvalue weighted by Gasteiger charge is -2.08. The van der Waals surface area contributed by atoms with Gasteiger partial charge in [-0.3, -0.25) is 4.79 Å². The second-order valence-corrected chi connectivity index (χ2v) is 5.05. The molecule has 0 aliphatic rings. The minimum absolute atomic E-state index is 0.148. The molecule has 0 aliphatic heterocycles. The summed E-state index contributed by atoms with van der Waals surface area (Å²) in [5.41, 5.74) is 8.37. The van der Waals surface area contributed by atoms with Crippen LogP contribution in [0.1, 0.15) is 41.3 Å². The lowest BCUT2D eigenvalue weighted by molar-refractivity contribution is 0.0950. The Balaban J connectivity index is 1.94. The van der Waals surface area contributed by atoms with Gasteiger partial charge in [-0.1, -0.05) is 38.1 Å². The Hall–Kier alpha value is -2.36. The zero-order valence-corrected chi connectivity index (χ0v) is 11.8. The van der Waals surface area contributed by atoms with E-state index in [0.29, 0.717) is 23.8 Å². The minimum Gasteiger partial charge on any atom is -0.384 e. The maximum Gasteiger partial charge on any atom is 0.253 e. The summed E-state index contributed by atoms with van der Waals surface area (Å²) in [5, 5.41) is 2.86. The van der Waals surface area contributed by atoms with E-state index in [-0.39, 0.29) is 5.91 Å². The number of anilines is 1. The second-order valence-electron chi connectivity index (χ2n) is 5.05. The van der Waals surface area contributed by atoms with Gasteiger partial charge in [-0.2, -0.15) is 0 Å². The first-order valence-corrected chi connectivity index (χ1v) is 6.65. The van der Waals surface area contributed by atoms with Gasteiger partial charge in [0.2, 0.25) is 0 Å². The molecule has 1 aromatic carbocycles. The Labute approximate surface area is 119 Å². The van der Waals surface area contributed by atoms with E-state index >= 15 is 0 Å². The Kier molecular flexibility index (Phi) is 4.35. The number of nitrogens with two attached hydrogens (primary N) is 1. The van der Waals surface area contributed by atoms with Crippen molar-refractivity contribution in [3.05, 3.63) is 59.3 Å². The van der Waals surface area contributed by atoms with E-state index in [0.717, 1.165) is 5.56 Å². The number of nitrogens with zero attached hydrogens (tertiary/aromatic N) is 1. The highest BCUT2D eigenvalue weighted by atomic mass is 16.1. The maximum absolute atomic E-state index is 11.9. The van der Waals surface area contributed by atoms with Crippen LogP contribution in [0.2, 0.25) is 0 Å². The summed E-state index contributed by atoms with van der Waals surface area (Å²) >= 11 is 0. The highest BCUT2D eigenvalue weighted by Gasteiger charge is 2.05. The molecule has 1 aromatic heterocycles. The van der Waals surface area contributed by atoms with Crippen LogP contribution < -0.4 is 11.1 Å². The largest absolute Gasteiger partial charge is 0.384 e. The van der Waals surface area contributed by atoms with Gasteiger partial charge in [0.1, 0.15) is 5.82 Å². The minimum atomic E-state index is -0.148. The molecule has 0 spiro atoms. The summed E-state index contributed by atoms with van der Waals surface area (Å²) < 4.78 is 0. The molecule has 20 heavy (non-hydrogen) atoms. The van der Waals surface area contributed by atoms with Crippen molar-refractivity contribution in [3.63, 3.8) is 0 Å². The summed E-state index contributed by atoms with van der Waals surface area (Å²) in [6, 6.07) is 11.5. The van der Waals surface area contributed by atoms with Crippen LogP contribution in [0.15, 0.2) is 42.6 Å². The van der Waals surface area contributed by atoms with E-state index < -0.39 is 0 Å². The highest BCUT2D eigenvalue weighted by Crippen LogP contribution is 2.14. The molecule has 0 unspecified atom stereocenters. The lowest BCUT2D eigenvalue weighted by atomic mass is 10.0. The number of rotatable bonds is 4. The molecule has 0 saturated carbocycles. The smallest absolute Gasteiger partial charge is 0.253 e. The first kappa shape index (κ1) is 14.1. The van der Waals surface area contributed by atoms with Crippen molar-refractivity contribution in [2.24, 2.45) is 0 Å². The maximum atomic E-state index is 11.9. The van der Waals surface area contributed by atoms with Crippen LogP contribution in [-0.4, -0.2) is 10.9 Å².